The molecule has 122 valence electrons. The topological polar surface area (TPSA) is 63.7 Å². The van der Waals surface area contributed by atoms with Gasteiger partial charge in [0.05, 0.1) is 18.9 Å². The van der Waals surface area contributed by atoms with Gasteiger partial charge in [-0.3, -0.25) is 19.3 Å². The summed E-state index contributed by atoms with van der Waals surface area (Å²) in [4.78, 5) is 38.1. The van der Waals surface area contributed by atoms with Crippen molar-refractivity contribution < 1.29 is 19.1 Å². The molecule has 1 aromatic rings. The largest absolute Gasteiger partial charge is 0.466 e. The molecule has 1 heterocycles. The Morgan fingerprint density at radius 3 is 2.52 bits per heavy atom. The number of amides is 2. The molecule has 1 aliphatic rings. The van der Waals surface area contributed by atoms with Gasteiger partial charge in [-0.25, -0.2) is 0 Å². The molecule has 0 aromatic heterocycles. The van der Waals surface area contributed by atoms with Gasteiger partial charge in [0.25, 0.3) is 5.91 Å². The molecule has 2 amide bonds. The molecule has 2 rings (SSSR count). The molecular formula is C18H21NO4. The molecule has 0 spiro atoms. The van der Waals surface area contributed by atoms with Crippen LogP contribution in [-0.4, -0.2) is 35.8 Å². The molecule has 0 unspecified atom stereocenters. The Balaban J connectivity index is 2.21. The summed E-state index contributed by atoms with van der Waals surface area (Å²) in [6, 6.07) is 8.65. The number of likely N-dealkylation sites (tertiary alicyclic amines) is 1. The van der Waals surface area contributed by atoms with Crippen molar-refractivity contribution in [2.24, 2.45) is 11.8 Å². The Labute approximate surface area is 135 Å². The van der Waals surface area contributed by atoms with Gasteiger partial charge in [0.1, 0.15) is 0 Å². The van der Waals surface area contributed by atoms with E-state index >= 15 is 0 Å². The fraction of sp³-hybridized carbons (Fsp3) is 0.389. The highest BCUT2D eigenvalue weighted by Crippen LogP contribution is 2.33. The van der Waals surface area contributed by atoms with Crippen molar-refractivity contribution in [3.63, 3.8) is 0 Å². The molecule has 1 aromatic carbocycles. The highest BCUT2D eigenvalue weighted by molar-refractivity contribution is 6.07. The summed E-state index contributed by atoms with van der Waals surface area (Å²) in [5, 5.41) is 0. The van der Waals surface area contributed by atoms with E-state index in [1.807, 2.05) is 13.0 Å². The van der Waals surface area contributed by atoms with Crippen LogP contribution in [-0.2, 0) is 14.3 Å². The minimum atomic E-state index is -0.584. The van der Waals surface area contributed by atoms with E-state index < -0.39 is 11.9 Å². The number of ether oxygens (including phenoxy) is 1. The van der Waals surface area contributed by atoms with Gasteiger partial charge in [0.2, 0.25) is 5.91 Å². The van der Waals surface area contributed by atoms with Gasteiger partial charge in [-0.2, -0.15) is 0 Å². The molecule has 0 radical (unpaired) electrons. The number of nitrogens with zero attached hydrogens (tertiary/aromatic N) is 1. The standard InChI is InChI=1S/C18H21NO4/c1-4-23-16(20)10-14-15(12(2)3)11-19(18(14)22)17(21)13-8-6-5-7-9-13/h5-9,14-15H,2,4,10-11H2,1,3H3/t14-,15-/m1/s1. The minimum absolute atomic E-state index is 0.0250. The lowest BCUT2D eigenvalue weighted by molar-refractivity contribution is -0.146. The van der Waals surface area contributed by atoms with E-state index in [0.717, 1.165) is 5.57 Å². The van der Waals surface area contributed by atoms with Crippen LogP contribution in [0.15, 0.2) is 42.5 Å². The predicted molar refractivity (Wildman–Crippen MR) is 85.5 cm³/mol. The molecule has 0 bridgehead atoms. The van der Waals surface area contributed by atoms with Gasteiger partial charge in [0.15, 0.2) is 0 Å². The van der Waals surface area contributed by atoms with Crippen LogP contribution in [0.5, 0.6) is 0 Å². The summed E-state index contributed by atoms with van der Waals surface area (Å²) in [5.74, 6) is -1.90. The van der Waals surface area contributed by atoms with Gasteiger partial charge in [-0.05, 0) is 26.0 Å². The third-order valence-corrected chi connectivity index (χ3v) is 4.04. The van der Waals surface area contributed by atoms with Crippen LogP contribution in [0.2, 0.25) is 0 Å². The van der Waals surface area contributed by atoms with E-state index in [2.05, 4.69) is 6.58 Å². The van der Waals surface area contributed by atoms with Crippen molar-refractivity contribution in [2.45, 2.75) is 20.3 Å². The molecule has 5 nitrogen and oxygen atoms in total. The molecule has 1 fully saturated rings. The summed E-state index contributed by atoms with van der Waals surface area (Å²) < 4.78 is 4.94. The van der Waals surface area contributed by atoms with Gasteiger partial charge in [-0.15, -0.1) is 0 Å². The Kier molecular flexibility index (Phi) is 5.32. The summed E-state index contributed by atoms with van der Waals surface area (Å²) in [6.45, 7) is 7.95. The van der Waals surface area contributed by atoms with E-state index in [-0.39, 0.29) is 37.3 Å². The van der Waals surface area contributed by atoms with Crippen molar-refractivity contribution in [3.05, 3.63) is 48.0 Å². The normalized spacial score (nSPS) is 20.4. The highest BCUT2D eigenvalue weighted by atomic mass is 16.5. The van der Waals surface area contributed by atoms with Gasteiger partial charge >= 0.3 is 5.97 Å². The van der Waals surface area contributed by atoms with E-state index in [9.17, 15) is 14.4 Å². The van der Waals surface area contributed by atoms with Crippen LogP contribution in [0.1, 0.15) is 30.6 Å². The maximum atomic E-state index is 12.6. The fourth-order valence-corrected chi connectivity index (χ4v) is 2.83. The first-order valence-corrected chi connectivity index (χ1v) is 7.67. The smallest absolute Gasteiger partial charge is 0.306 e. The third-order valence-electron chi connectivity index (χ3n) is 4.04. The second-order valence-electron chi connectivity index (χ2n) is 5.69. The molecular weight excluding hydrogens is 294 g/mol. The Morgan fingerprint density at radius 1 is 1.30 bits per heavy atom. The maximum Gasteiger partial charge on any atom is 0.306 e. The summed E-state index contributed by atoms with van der Waals surface area (Å²) in [5.41, 5.74) is 1.24. The summed E-state index contributed by atoms with van der Waals surface area (Å²) in [6.07, 6.45) is -0.0250. The number of benzene rings is 1. The Bertz CT molecular complexity index is 623. The van der Waals surface area contributed by atoms with Crippen LogP contribution in [0.4, 0.5) is 0 Å². The predicted octanol–water partition coefficient (Wildman–Crippen LogP) is 2.43. The molecule has 0 saturated carbocycles. The number of hydrogen-bond donors (Lipinski definition) is 0. The minimum Gasteiger partial charge on any atom is -0.466 e. The van der Waals surface area contributed by atoms with Gasteiger partial charge < -0.3 is 4.74 Å². The van der Waals surface area contributed by atoms with Crippen LogP contribution in [0, 0.1) is 11.8 Å². The zero-order valence-corrected chi connectivity index (χ0v) is 13.5. The average molecular weight is 315 g/mol. The van der Waals surface area contributed by atoms with E-state index in [1.54, 1.807) is 31.2 Å². The van der Waals surface area contributed by atoms with E-state index in [4.69, 9.17) is 4.74 Å². The number of esters is 1. The number of carbonyl (C=O) groups is 3. The lowest BCUT2D eigenvalue weighted by Gasteiger charge is -2.15. The Morgan fingerprint density at radius 2 is 1.96 bits per heavy atom. The molecule has 2 atom stereocenters. The molecule has 1 saturated heterocycles. The van der Waals surface area contributed by atoms with Crippen LogP contribution >= 0.6 is 0 Å². The number of hydrogen-bond acceptors (Lipinski definition) is 4. The molecule has 1 aliphatic heterocycles. The average Bonchev–Trinajstić information content (AvgIpc) is 2.85. The van der Waals surface area contributed by atoms with Gasteiger partial charge in [0, 0.05) is 18.0 Å². The van der Waals surface area contributed by atoms with Crippen molar-refractivity contribution in [2.75, 3.05) is 13.2 Å². The third kappa shape index (κ3) is 3.67. The first kappa shape index (κ1) is 16.9. The lowest BCUT2D eigenvalue weighted by Crippen LogP contribution is -2.34. The summed E-state index contributed by atoms with van der Waals surface area (Å²) >= 11 is 0. The molecule has 0 N–H and O–H groups in total. The molecule has 23 heavy (non-hydrogen) atoms. The van der Waals surface area contributed by atoms with E-state index in [1.165, 1.54) is 4.90 Å². The number of rotatable bonds is 5. The first-order valence-electron chi connectivity index (χ1n) is 7.67. The monoisotopic (exact) mass is 315 g/mol. The first-order chi connectivity index (χ1) is 11.0. The Hall–Kier alpha value is -2.43. The van der Waals surface area contributed by atoms with Gasteiger partial charge in [-0.1, -0.05) is 30.4 Å². The maximum absolute atomic E-state index is 12.6. The summed E-state index contributed by atoms with van der Waals surface area (Å²) in [7, 11) is 0. The van der Waals surface area contributed by atoms with Crippen molar-refractivity contribution in [1.82, 2.24) is 4.90 Å². The molecule has 0 aliphatic carbocycles. The van der Waals surface area contributed by atoms with Crippen LogP contribution in [0.25, 0.3) is 0 Å². The van der Waals surface area contributed by atoms with Crippen molar-refractivity contribution in [1.29, 1.82) is 0 Å². The zero-order chi connectivity index (χ0) is 17.0. The van der Waals surface area contributed by atoms with Crippen LogP contribution in [0.3, 0.4) is 0 Å². The fourth-order valence-electron chi connectivity index (χ4n) is 2.83. The van der Waals surface area contributed by atoms with Crippen molar-refractivity contribution >= 4 is 17.8 Å². The zero-order valence-electron chi connectivity index (χ0n) is 13.5. The van der Waals surface area contributed by atoms with Crippen molar-refractivity contribution in [3.8, 4) is 0 Å². The van der Waals surface area contributed by atoms with E-state index in [0.29, 0.717) is 5.56 Å². The highest BCUT2D eigenvalue weighted by Gasteiger charge is 2.44. The molecule has 5 heteroatoms. The SMILES string of the molecule is C=C(C)[C@H]1CN(C(=O)c2ccccc2)C(=O)[C@@H]1CC(=O)OCC. The quantitative estimate of drug-likeness (QED) is 0.475. The second-order valence-corrected chi connectivity index (χ2v) is 5.69. The second kappa shape index (κ2) is 7.22. The lowest BCUT2D eigenvalue weighted by atomic mass is 9.87. The van der Waals surface area contributed by atoms with Crippen LogP contribution < -0.4 is 0 Å². The number of carbonyl (C=O) groups excluding carboxylic acids is 3. The number of imide groups is 1.